The van der Waals surface area contributed by atoms with E-state index in [2.05, 4.69) is 4.98 Å². The number of aromatic nitrogens is 1. The van der Waals surface area contributed by atoms with Crippen LogP contribution in [0.25, 0.3) is 0 Å². The zero-order valence-electron chi connectivity index (χ0n) is 7.53. The van der Waals surface area contributed by atoms with Gasteiger partial charge in [-0.25, -0.2) is 9.78 Å². The van der Waals surface area contributed by atoms with Gasteiger partial charge in [0.05, 0.1) is 6.54 Å². The van der Waals surface area contributed by atoms with Gasteiger partial charge >= 0.3 is 12.1 Å². The van der Waals surface area contributed by atoms with Crippen LogP contribution in [-0.4, -0.2) is 39.8 Å². The maximum Gasteiger partial charge on any atom is 0.413 e. The van der Waals surface area contributed by atoms with Crippen LogP contribution in [0.4, 0.5) is 9.93 Å². The van der Waals surface area contributed by atoms with Crippen LogP contribution < -0.4 is 10.6 Å². The number of hydrogen-bond acceptors (Lipinski definition) is 5. The number of amides is 1. The average molecular weight is 231 g/mol. The standard InChI is InChI=1S/C7H9N3O4S/c8-4(5(11)12)3-10(7(13)14)6-9-1-2-15-6/h1-2,4H,3,8H2,(H,11,12)(H,13,14)/t4-/m0/s1. The van der Waals surface area contributed by atoms with Gasteiger partial charge in [0, 0.05) is 11.6 Å². The van der Waals surface area contributed by atoms with E-state index in [0.29, 0.717) is 0 Å². The van der Waals surface area contributed by atoms with E-state index in [1.54, 1.807) is 5.38 Å². The quantitative estimate of drug-likeness (QED) is 0.673. The Hall–Kier alpha value is -1.67. The van der Waals surface area contributed by atoms with E-state index in [-0.39, 0.29) is 11.7 Å². The molecule has 7 nitrogen and oxygen atoms in total. The molecule has 1 aromatic rings. The van der Waals surface area contributed by atoms with Gasteiger partial charge in [0.1, 0.15) is 6.04 Å². The number of aliphatic carboxylic acids is 1. The van der Waals surface area contributed by atoms with E-state index in [0.717, 1.165) is 16.2 Å². The molecular formula is C7H9N3O4S. The SMILES string of the molecule is N[C@@H](CN(C(=O)O)c1nccs1)C(=O)O. The molecule has 0 aliphatic carbocycles. The molecule has 82 valence electrons. The van der Waals surface area contributed by atoms with Crippen molar-refractivity contribution < 1.29 is 19.8 Å². The Bertz CT molecular complexity index is 353. The number of carboxylic acids is 1. The molecule has 0 aromatic carbocycles. The Balaban J connectivity index is 2.77. The van der Waals surface area contributed by atoms with Crippen LogP contribution in [0.5, 0.6) is 0 Å². The fraction of sp³-hybridized carbons (Fsp3) is 0.286. The molecule has 1 aromatic heterocycles. The highest BCUT2D eigenvalue weighted by atomic mass is 32.1. The van der Waals surface area contributed by atoms with Crippen LogP contribution in [0, 0.1) is 0 Å². The summed E-state index contributed by atoms with van der Waals surface area (Å²) in [6.07, 6.45) is 0.157. The monoisotopic (exact) mass is 231 g/mol. The topological polar surface area (TPSA) is 117 Å². The maximum absolute atomic E-state index is 10.8. The van der Waals surface area contributed by atoms with Gasteiger partial charge in [0.15, 0.2) is 5.13 Å². The Morgan fingerprint density at radius 1 is 1.60 bits per heavy atom. The highest BCUT2D eigenvalue weighted by Crippen LogP contribution is 2.17. The fourth-order valence-electron chi connectivity index (χ4n) is 0.862. The van der Waals surface area contributed by atoms with Crippen LogP contribution in [0.15, 0.2) is 11.6 Å². The van der Waals surface area contributed by atoms with Gasteiger partial charge in [-0.3, -0.25) is 9.69 Å². The maximum atomic E-state index is 10.8. The summed E-state index contributed by atoms with van der Waals surface area (Å²) in [6.45, 7) is -0.321. The summed E-state index contributed by atoms with van der Waals surface area (Å²) in [4.78, 5) is 25.8. The lowest BCUT2D eigenvalue weighted by atomic mass is 10.3. The first kappa shape index (κ1) is 11.4. The molecule has 0 bridgehead atoms. The van der Waals surface area contributed by atoms with Crippen molar-refractivity contribution in [3.05, 3.63) is 11.6 Å². The molecule has 1 atom stereocenters. The lowest BCUT2D eigenvalue weighted by molar-refractivity contribution is -0.138. The van der Waals surface area contributed by atoms with Crippen molar-refractivity contribution >= 4 is 28.5 Å². The summed E-state index contributed by atoms with van der Waals surface area (Å²) < 4.78 is 0. The van der Waals surface area contributed by atoms with Gasteiger partial charge in [0.25, 0.3) is 0 Å². The molecule has 0 unspecified atom stereocenters. The van der Waals surface area contributed by atoms with Crippen molar-refractivity contribution in [2.75, 3.05) is 11.4 Å². The minimum atomic E-state index is -1.28. The summed E-state index contributed by atoms with van der Waals surface area (Å²) in [5.41, 5.74) is 5.23. The molecule has 0 fully saturated rings. The zero-order chi connectivity index (χ0) is 11.4. The number of carbonyl (C=O) groups is 2. The second kappa shape index (κ2) is 4.71. The molecule has 0 radical (unpaired) electrons. The Morgan fingerprint density at radius 3 is 2.67 bits per heavy atom. The van der Waals surface area contributed by atoms with E-state index in [4.69, 9.17) is 15.9 Å². The largest absolute Gasteiger partial charge is 0.480 e. The predicted octanol–water partition coefficient (Wildman–Crippen LogP) is 0.0394. The lowest BCUT2D eigenvalue weighted by Gasteiger charge is -2.17. The van der Waals surface area contributed by atoms with Crippen molar-refractivity contribution in [1.29, 1.82) is 0 Å². The molecule has 4 N–H and O–H groups in total. The number of rotatable bonds is 4. The molecule has 0 saturated carbocycles. The highest BCUT2D eigenvalue weighted by molar-refractivity contribution is 7.13. The van der Waals surface area contributed by atoms with Gasteiger partial charge in [-0.1, -0.05) is 0 Å². The number of thiazole rings is 1. The Morgan fingerprint density at radius 2 is 2.27 bits per heavy atom. The first-order valence-electron chi connectivity index (χ1n) is 3.90. The van der Waals surface area contributed by atoms with E-state index < -0.39 is 18.1 Å². The van der Waals surface area contributed by atoms with E-state index >= 15 is 0 Å². The van der Waals surface area contributed by atoms with Crippen molar-refractivity contribution in [3.8, 4) is 0 Å². The second-order valence-electron chi connectivity index (χ2n) is 2.65. The number of nitrogens with zero attached hydrogens (tertiary/aromatic N) is 2. The second-order valence-corrected chi connectivity index (χ2v) is 3.53. The van der Waals surface area contributed by atoms with Crippen LogP contribution >= 0.6 is 11.3 Å². The third-order valence-corrected chi connectivity index (χ3v) is 2.37. The number of carboxylic acid groups (broad SMARTS) is 2. The Labute approximate surface area is 88.8 Å². The molecular weight excluding hydrogens is 222 g/mol. The lowest BCUT2D eigenvalue weighted by Crippen LogP contribution is -2.44. The van der Waals surface area contributed by atoms with Gasteiger partial charge in [-0.05, 0) is 0 Å². The number of anilines is 1. The van der Waals surface area contributed by atoms with E-state index in [1.165, 1.54) is 6.20 Å². The van der Waals surface area contributed by atoms with Gasteiger partial charge in [0.2, 0.25) is 0 Å². The summed E-state index contributed by atoms with van der Waals surface area (Å²) in [7, 11) is 0. The fourth-order valence-corrected chi connectivity index (χ4v) is 1.51. The summed E-state index contributed by atoms with van der Waals surface area (Å²) >= 11 is 1.10. The van der Waals surface area contributed by atoms with Crippen molar-refractivity contribution in [1.82, 2.24) is 4.98 Å². The van der Waals surface area contributed by atoms with Crippen molar-refractivity contribution in [2.45, 2.75) is 6.04 Å². The molecule has 15 heavy (non-hydrogen) atoms. The predicted molar refractivity (Wildman–Crippen MR) is 53.1 cm³/mol. The first-order chi connectivity index (χ1) is 7.02. The molecule has 0 aliphatic heterocycles. The smallest absolute Gasteiger partial charge is 0.413 e. The minimum absolute atomic E-state index is 0.208. The average Bonchev–Trinajstić information content (AvgIpc) is 2.65. The minimum Gasteiger partial charge on any atom is -0.480 e. The third-order valence-electron chi connectivity index (χ3n) is 1.58. The number of hydrogen-bond donors (Lipinski definition) is 3. The molecule has 8 heteroatoms. The highest BCUT2D eigenvalue weighted by Gasteiger charge is 2.23. The zero-order valence-corrected chi connectivity index (χ0v) is 8.35. The van der Waals surface area contributed by atoms with Crippen LogP contribution in [0.1, 0.15) is 0 Å². The molecule has 1 amide bonds. The Kier molecular flexibility index (Phi) is 3.58. The van der Waals surface area contributed by atoms with Crippen LogP contribution in [0.3, 0.4) is 0 Å². The van der Waals surface area contributed by atoms with Gasteiger partial charge in [-0.2, -0.15) is 0 Å². The van der Waals surface area contributed by atoms with Gasteiger partial charge in [-0.15, -0.1) is 11.3 Å². The van der Waals surface area contributed by atoms with Crippen LogP contribution in [0.2, 0.25) is 0 Å². The van der Waals surface area contributed by atoms with Crippen LogP contribution in [-0.2, 0) is 4.79 Å². The molecule has 0 spiro atoms. The normalized spacial score (nSPS) is 12.1. The molecule has 1 rings (SSSR count). The van der Waals surface area contributed by atoms with E-state index in [9.17, 15) is 9.59 Å². The molecule has 0 saturated heterocycles. The van der Waals surface area contributed by atoms with Crippen molar-refractivity contribution in [2.24, 2.45) is 5.73 Å². The summed E-state index contributed by atoms with van der Waals surface area (Å²) in [6, 6.07) is -1.26. The first-order valence-corrected chi connectivity index (χ1v) is 4.78. The third kappa shape index (κ3) is 2.89. The summed E-state index contributed by atoms with van der Waals surface area (Å²) in [5, 5.41) is 19.2. The number of nitrogens with two attached hydrogens (primary N) is 1. The molecule has 0 aliphatic rings. The van der Waals surface area contributed by atoms with Gasteiger partial charge < -0.3 is 15.9 Å². The van der Waals surface area contributed by atoms with Crippen molar-refractivity contribution in [3.63, 3.8) is 0 Å². The van der Waals surface area contributed by atoms with E-state index in [1.807, 2.05) is 0 Å². The summed E-state index contributed by atoms with van der Waals surface area (Å²) in [5.74, 6) is -1.25. The molecule has 1 heterocycles.